The van der Waals surface area contributed by atoms with E-state index in [1.165, 1.54) is 36.8 Å². The quantitative estimate of drug-likeness (QED) is 0.472. The molecule has 26 heavy (non-hydrogen) atoms. The number of benzene rings is 3. The molecular weight excluding hydrogens is 332 g/mol. The van der Waals surface area contributed by atoms with Crippen LogP contribution in [0.5, 0.6) is 0 Å². The Morgan fingerprint density at radius 2 is 1.46 bits per heavy atom. The summed E-state index contributed by atoms with van der Waals surface area (Å²) in [5.74, 6) is 0. The fourth-order valence-corrected chi connectivity index (χ4v) is 10.5. The summed E-state index contributed by atoms with van der Waals surface area (Å²) in [6.07, 6.45) is 7.94. The standard InChI is InChI=1S/C25H24S/c1-26(22-13-11-18-9-5-6-10-21(18)22)23-14-12-19-15-20(16-24(26)25(19)23)17-7-3-2-4-8-17/h2-10,15-16,22-23H,11-14H2,1H3. The molecule has 0 nitrogen and oxygen atoms in total. The van der Waals surface area contributed by atoms with E-state index < -0.39 is 10.0 Å². The molecule has 0 spiro atoms. The van der Waals surface area contributed by atoms with E-state index in [-0.39, 0.29) is 0 Å². The van der Waals surface area contributed by atoms with Crippen LogP contribution in [-0.2, 0) is 12.8 Å². The van der Waals surface area contributed by atoms with Gasteiger partial charge in [-0.15, -0.1) is 0 Å². The zero-order valence-electron chi connectivity index (χ0n) is 15.2. The van der Waals surface area contributed by atoms with Crippen LogP contribution in [0.15, 0.2) is 71.6 Å². The van der Waals surface area contributed by atoms with Crippen LogP contribution in [0.2, 0.25) is 0 Å². The molecule has 0 fully saturated rings. The van der Waals surface area contributed by atoms with Gasteiger partial charge in [0.2, 0.25) is 0 Å². The van der Waals surface area contributed by atoms with E-state index in [1.54, 1.807) is 27.1 Å². The molecule has 0 aromatic heterocycles. The topological polar surface area (TPSA) is 0 Å². The molecule has 2 aliphatic carbocycles. The summed E-state index contributed by atoms with van der Waals surface area (Å²) < 4.78 is 0. The summed E-state index contributed by atoms with van der Waals surface area (Å²) in [5, 5.41) is 1.63. The number of rotatable bonds is 2. The van der Waals surface area contributed by atoms with Crippen molar-refractivity contribution in [3.63, 3.8) is 0 Å². The molecular formula is C25H24S. The molecule has 0 N–H and O–H groups in total. The maximum Gasteiger partial charge on any atom is 0.0197 e. The van der Waals surface area contributed by atoms with Crippen molar-refractivity contribution < 1.29 is 0 Å². The molecule has 1 heterocycles. The van der Waals surface area contributed by atoms with E-state index in [1.807, 2.05) is 0 Å². The summed E-state index contributed by atoms with van der Waals surface area (Å²) in [7, 11) is -0.759. The van der Waals surface area contributed by atoms with E-state index in [0.717, 1.165) is 10.5 Å². The average molecular weight is 357 g/mol. The van der Waals surface area contributed by atoms with E-state index in [4.69, 9.17) is 0 Å². The smallest absolute Gasteiger partial charge is 0.0197 e. The minimum Gasteiger partial charge on any atom is -0.203 e. The van der Waals surface area contributed by atoms with Crippen LogP contribution in [0.1, 0.15) is 45.6 Å². The summed E-state index contributed by atoms with van der Waals surface area (Å²) in [6.45, 7) is 0. The van der Waals surface area contributed by atoms with E-state index in [0.29, 0.717) is 0 Å². The normalized spacial score (nSPS) is 30.2. The Balaban J connectivity index is 1.51. The third kappa shape index (κ3) is 1.82. The number of aryl methyl sites for hydroxylation is 2. The molecule has 3 aromatic rings. The van der Waals surface area contributed by atoms with Gasteiger partial charge in [-0.3, -0.25) is 0 Å². The average Bonchev–Trinajstić information content (AvgIpc) is 3.31. The predicted molar refractivity (Wildman–Crippen MR) is 112 cm³/mol. The molecule has 3 unspecified atom stereocenters. The van der Waals surface area contributed by atoms with Gasteiger partial charge in [0.1, 0.15) is 0 Å². The van der Waals surface area contributed by atoms with Crippen LogP contribution in [0.4, 0.5) is 0 Å². The lowest BCUT2D eigenvalue weighted by atomic mass is 10.00. The van der Waals surface area contributed by atoms with Crippen molar-refractivity contribution in [2.75, 3.05) is 6.26 Å². The van der Waals surface area contributed by atoms with Gasteiger partial charge in [0.05, 0.1) is 0 Å². The Hall–Kier alpha value is -1.99. The predicted octanol–water partition coefficient (Wildman–Crippen LogP) is 6.84. The van der Waals surface area contributed by atoms with Crippen molar-refractivity contribution in [1.29, 1.82) is 0 Å². The van der Waals surface area contributed by atoms with Gasteiger partial charge in [0, 0.05) is 10.5 Å². The van der Waals surface area contributed by atoms with Crippen molar-refractivity contribution in [3.05, 3.63) is 89.0 Å². The third-order valence-corrected chi connectivity index (χ3v) is 11.7. The fourth-order valence-electron chi connectivity index (χ4n) is 5.81. The first-order valence-corrected chi connectivity index (χ1v) is 12.0. The molecule has 3 aromatic carbocycles. The molecule has 0 saturated heterocycles. The van der Waals surface area contributed by atoms with Gasteiger partial charge in [0.25, 0.3) is 0 Å². The summed E-state index contributed by atoms with van der Waals surface area (Å²) in [5.41, 5.74) is 9.46. The Morgan fingerprint density at radius 1 is 0.731 bits per heavy atom. The Kier molecular flexibility index (Phi) is 3.06. The van der Waals surface area contributed by atoms with Crippen molar-refractivity contribution in [1.82, 2.24) is 0 Å². The second kappa shape index (κ2) is 5.27. The lowest BCUT2D eigenvalue weighted by Gasteiger charge is -2.57. The van der Waals surface area contributed by atoms with E-state index in [9.17, 15) is 0 Å². The van der Waals surface area contributed by atoms with Crippen LogP contribution in [-0.4, -0.2) is 6.26 Å². The second-order valence-electron chi connectivity index (χ2n) is 8.21. The lowest BCUT2D eigenvalue weighted by Crippen LogP contribution is -2.25. The minimum absolute atomic E-state index is 0.759. The van der Waals surface area contributed by atoms with Crippen molar-refractivity contribution >= 4 is 10.0 Å². The van der Waals surface area contributed by atoms with Crippen molar-refractivity contribution in [3.8, 4) is 11.1 Å². The molecule has 6 rings (SSSR count). The molecule has 0 saturated carbocycles. The first kappa shape index (κ1) is 15.1. The van der Waals surface area contributed by atoms with Crippen molar-refractivity contribution in [2.45, 2.75) is 41.1 Å². The van der Waals surface area contributed by atoms with Crippen LogP contribution in [0.25, 0.3) is 11.1 Å². The van der Waals surface area contributed by atoms with Gasteiger partial charge in [-0.25, -0.2) is 10.0 Å². The highest BCUT2D eigenvalue weighted by atomic mass is 32.3. The molecule has 1 heteroatoms. The lowest BCUT2D eigenvalue weighted by molar-refractivity contribution is 0.796. The fraction of sp³-hybridized carbons (Fsp3) is 0.280. The second-order valence-corrected chi connectivity index (χ2v) is 11.9. The molecule has 0 amide bonds. The summed E-state index contributed by atoms with van der Waals surface area (Å²) in [6, 6.07) is 25.2. The highest BCUT2D eigenvalue weighted by Gasteiger charge is 2.53. The number of hydrogen-bond acceptors (Lipinski definition) is 0. The summed E-state index contributed by atoms with van der Waals surface area (Å²) >= 11 is 0. The van der Waals surface area contributed by atoms with Gasteiger partial charge in [-0.1, -0.05) is 60.7 Å². The van der Waals surface area contributed by atoms with Gasteiger partial charge < -0.3 is 0 Å². The first-order chi connectivity index (χ1) is 12.8. The zero-order chi connectivity index (χ0) is 17.3. The van der Waals surface area contributed by atoms with E-state index in [2.05, 4.69) is 73.0 Å². The van der Waals surface area contributed by atoms with Crippen LogP contribution in [0, 0.1) is 0 Å². The highest BCUT2D eigenvalue weighted by Crippen LogP contribution is 2.85. The minimum atomic E-state index is -0.759. The SMILES string of the molecule is CS1(C2CCc3ccccc32)c2cc(-c3ccccc3)cc3c2C1CC3. The zero-order valence-corrected chi connectivity index (χ0v) is 16.1. The number of hydrogen-bond donors (Lipinski definition) is 0. The van der Waals surface area contributed by atoms with Gasteiger partial charge in [-0.05, 0) is 76.3 Å². The van der Waals surface area contributed by atoms with Crippen LogP contribution in [0.3, 0.4) is 0 Å². The Bertz CT molecular complexity index is 1020. The van der Waals surface area contributed by atoms with Crippen molar-refractivity contribution in [2.24, 2.45) is 0 Å². The number of fused-ring (bicyclic) bond motifs is 1. The largest absolute Gasteiger partial charge is 0.203 e. The van der Waals surface area contributed by atoms with Crippen LogP contribution < -0.4 is 0 Å². The molecule has 0 radical (unpaired) electrons. The molecule has 1 aliphatic heterocycles. The summed E-state index contributed by atoms with van der Waals surface area (Å²) in [4.78, 5) is 1.73. The van der Waals surface area contributed by atoms with E-state index >= 15 is 0 Å². The molecule has 3 atom stereocenters. The van der Waals surface area contributed by atoms with Gasteiger partial charge >= 0.3 is 0 Å². The molecule has 0 bridgehead atoms. The molecule has 3 aliphatic rings. The van der Waals surface area contributed by atoms with Gasteiger partial charge in [0.15, 0.2) is 0 Å². The Labute approximate surface area is 157 Å². The monoisotopic (exact) mass is 356 g/mol. The highest BCUT2D eigenvalue weighted by molar-refractivity contribution is 8.34. The van der Waals surface area contributed by atoms with Gasteiger partial charge in [-0.2, -0.15) is 0 Å². The van der Waals surface area contributed by atoms with Crippen LogP contribution >= 0.6 is 10.0 Å². The maximum absolute atomic E-state index is 2.65. The Morgan fingerprint density at radius 3 is 2.35 bits per heavy atom. The maximum atomic E-state index is 2.65. The molecule has 130 valence electrons. The third-order valence-electron chi connectivity index (χ3n) is 7.07. The first-order valence-electron chi connectivity index (χ1n) is 9.83.